The highest BCUT2D eigenvalue weighted by Gasteiger charge is 2.42. The van der Waals surface area contributed by atoms with Crippen molar-refractivity contribution in [1.29, 1.82) is 0 Å². The Kier molecular flexibility index (Phi) is 9.63. The number of rotatable bonds is 2. The maximum atomic E-state index is 13.1. The van der Waals surface area contributed by atoms with Gasteiger partial charge >= 0.3 is 12.2 Å². The summed E-state index contributed by atoms with van der Waals surface area (Å²) in [5.74, 6) is -0.365. The minimum Gasteiger partial charge on any atom is -0.443 e. The third kappa shape index (κ3) is 8.04. The molecule has 46 heavy (non-hydrogen) atoms. The molecular weight excluding hydrogens is 655 g/mol. The van der Waals surface area contributed by atoms with E-state index in [1.807, 2.05) is 61.5 Å². The number of aliphatic hydroxyl groups is 1. The first-order chi connectivity index (χ1) is 21.1. The van der Waals surface area contributed by atoms with Gasteiger partial charge in [0.25, 0.3) is 0 Å². The Morgan fingerprint density at radius 2 is 1.24 bits per heavy atom. The van der Waals surface area contributed by atoms with Crippen molar-refractivity contribution < 1.29 is 28.6 Å². The van der Waals surface area contributed by atoms with Gasteiger partial charge in [-0.25, -0.2) is 14.0 Å². The second kappa shape index (κ2) is 12.6. The first-order valence-corrected chi connectivity index (χ1v) is 16.0. The topological polar surface area (TPSA) is 105 Å². The number of hydrogen-bond donors (Lipinski definition) is 1. The summed E-state index contributed by atoms with van der Waals surface area (Å²) in [5, 5.41) is 10.7. The molecule has 2 aliphatic rings. The van der Waals surface area contributed by atoms with E-state index in [0.29, 0.717) is 29.9 Å². The van der Waals surface area contributed by atoms with Crippen LogP contribution in [0, 0.1) is 5.82 Å². The Labute approximate surface area is 279 Å². The van der Waals surface area contributed by atoms with Crippen molar-refractivity contribution in [2.24, 2.45) is 0 Å². The van der Waals surface area contributed by atoms with E-state index >= 15 is 0 Å². The van der Waals surface area contributed by atoms with E-state index in [-0.39, 0.29) is 22.7 Å². The third-order valence-corrected chi connectivity index (χ3v) is 7.86. The molecule has 5 rings (SSSR count). The number of fused-ring (bicyclic) bond motifs is 2. The number of anilines is 2. The zero-order valence-electron chi connectivity index (χ0n) is 28.2. The van der Waals surface area contributed by atoms with Gasteiger partial charge in [0.05, 0.1) is 22.8 Å². The molecule has 1 atom stereocenters. The molecule has 0 aliphatic carbocycles. The Hall–Kier alpha value is -3.57. The van der Waals surface area contributed by atoms with Gasteiger partial charge in [0, 0.05) is 46.3 Å². The molecule has 0 saturated heterocycles. The predicted octanol–water partition coefficient (Wildman–Crippen LogP) is 8.21. The van der Waals surface area contributed by atoms with Crippen molar-refractivity contribution in [3.63, 3.8) is 0 Å². The standard InChI is InChI=1S/C21H25FN2O3.C14H19BrN2O2/c1-20(2,3)27-19(26)24-12-21(4,5)18-16(24)10-14(11-23-18)17(25)13-6-8-15(22)9-7-13;1-13(2,3)19-12(18)17-8-14(4,5)11-10(17)6-9(15)7-16-11/h6-11,17,25H,12H2,1-5H3;6-7H,8H2,1-5H3. The van der Waals surface area contributed by atoms with Crippen LogP contribution in [0.5, 0.6) is 0 Å². The Morgan fingerprint density at radius 3 is 1.70 bits per heavy atom. The number of benzene rings is 1. The molecule has 0 radical (unpaired) electrons. The predicted molar refractivity (Wildman–Crippen MR) is 180 cm³/mol. The van der Waals surface area contributed by atoms with Crippen LogP contribution in [0.4, 0.5) is 25.4 Å². The number of amides is 2. The molecule has 0 saturated carbocycles. The van der Waals surface area contributed by atoms with E-state index in [2.05, 4.69) is 39.7 Å². The van der Waals surface area contributed by atoms with Crippen molar-refractivity contribution in [2.75, 3.05) is 22.9 Å². The molecule has 4 heterocycles. The number of carbonyl (C=O) groups is 2. The third-order valence-electron chi connectivity index (χ3n) is 7.42. The van der Waals surface area contributed by atoms with Crippen molar-refractivity contribution in [3.05, 3.63) is 81.6 Å². The SMILES string of the molecule is CC(C)(C)OC(=O)N1CC(C)(C)c2ncc(Br)cc21.CC(C)(C)OC(=O)N1CC(C)(C)c2ncc(C(O)c3ccc(F)cc3)cc21. The Balaban J connectivity index is 0.000000222. The molecule has 1 aromatic carbocycles. The summed E-state index contributed by atoms with van der Waals surface area (Å²) >= 11 is 3.40. The molecule has 2 aliphatic heterocycles. The molecule has 2 aromatic heterocycles. The fraction of sp³-hybridized carbons (Fsp3) is 0.486. The van der Waals surface area contributed by atoms with E-state index in [1.54, 1.807) is 28.3 Å². The molecule has 2 amide bonds. The van der Waals surface area contributed by atoms with Gasteiger partial charge in [-0.05, 0) is 87.3 Å². The highest BCUT2D eigenvalue weighted by atomic mass is 79.9. The summed E-state index contributed by atoms with van der Waals surface area (Å²) < 4.78 is 25.0. The first kappa shape index (κ1) is 35.3. The van der Waals surface area contributed by atoms with Gasteiger partial charge in [-0.3, -0.25) is 19.8 Å². The summed E-state index contributed by atoms with van der Waals surface area (Å²) in [6.07, 6.45) is 1.64. The number of ether oxygens (including phenoxy) is 2. The molecule has 0 fully saturated rings. The van der Waals surface area contributed by atoms with Crippen molar-refractivity contribution in [1.82, 2.24) is 9.97 Å². The highest BCUT2D eigenvalue weighted by molar-refractivity contribution is 9.10. The highest BCUT2D eigenvalue weighted by Crippen LogP contribution is 2.42. The van der Waals surface area contributed by atoms with E-state index in [0.717, 1.165) is 21.5 Å². The van der Waals surface area contributed by atoms with Crippen LogP contribution in [0.3, 0.4) is 0 Å². The van der Waals surface area contributed by atoms with Gasteiger partial charge in [0.15, 0.2) is 0 Å². The number of nitrogens with zero attached hydrogens (tertiary/aromatic N) is 4. The molecule has 11 heteroatoms. The largest absolute Gasteiger partial charge is 0.443 e. The maximum Gasteiger partial charge on any atom is 0.414 e. The lowest BCUT2D eigenvalue weighted by atomic mass is 9.91. The molecule has 9 nitrogen and oxygen atoms in total. The van der Waals surface area contributed by atoms with Crippen LogP contribution in [0.2, 0.25) is 0 Å². The fourth-order valence-corrected chi connectivity index (χ4v) is 5.73. The quantitative estimate of drug-likeness (QED) is 0.288. The number of aliphatic hydroxyl groups excluding tert-OH is 1. The van der Waals surface area contributed by atoms with Crippen LogP contribution in [0.15, 0.2) is 53.3 Å². The zero-order chi connectivity index (χ0) is 34.4. The monoisotopic (exact) mass is 698 g/mol. The summed E-state index contributed by atoms with van der Waals surface area (Å²) in [6, 6.07) is 9.34. The van der Waals surface area contributed by atoms with Gasteiger partial charge in [-0.1, -0.05) is 39.8 Å². The Morgan fingerprint density at radius 1 is 0.804 bits per heavy atom. The minimum absolute atomic E-state index is 0.160. The summed E-state index contributed by atoms with van der Waals surface area (Å²) in [5.41, 5.74) is 2.67. The van der Waals surface area contributed by atoms with E-state index in [1.165, 1.54) is 24.3 Å². The number of hydrogen-bond acceptors (Lipinski definition) is 7. The number of carbonyl (C=O) groups excluding carboxylic acids is 2. The maximum absolute atomic E-state index is 13.1. The lowest BCUT2D eigenvalue weighted by Gasteiger charge is -2.25. The second-order valence-electron chi connectivity index (χ2n) is 15.0. The molecule has 1 unspecified atom stereocenters. The van der Waals surface area contributed by atoms with Gasteiger partial charge in [-0.2, -0.15) is 0 Å². The van der Waals surface area contributed by atoms with Crippen molar-refractivity contribution in [2.45, 2.75) is 97.4 Å². The van der Waals surface area contributed by atoms with E-state index in [4.69, 9.17) is 9.47 Å². The molecule has 1 N–H and O–H groups in total. The van der Waals surface area contributed by atoms with E-state index in [9.17, 15) is 19.1 Å². The number of pyridine rings is 2. The second-order valence-corrected chi connectivity index (χ2v) is 15.9. The summed E-state index contributed by atoms with van der Waals surface area (Å²) in [7, 11) is 0. The number of halogens is 2. The van der Waals surface area contributed by atoms with Gasteiger partial charge in [0.1, 0.15) is 23.1 Å². The minimum atomic E-state index is -0.965. The molecular formula is C35H44BrFN4O5. The normalized spacial score (nSPS) is 17.0. The Bertz CT molecular complexity index is 1610. The fourth-order valence-electron chi connectivity index (χ4n) is 5.41. The van der Waals surface area contributed by atoms with Crippen LogP contribution >= 0.6 is 15.9 Å². The van der Waals surface area contributed by atoms with Crippen molar-refractivity contribution >= 4 is 39.5 Å². The molecule has 0 spiro atoms. The van der Waals surface area contributed by atoms with Gasteiger partial charge in [-0.15, -0.1) is 0 Å². The smallest absolute Gasteiger partial charge is 0.414 e. The van der Waals surface area contributed by atoms with Crippen LogP contribution < -0.4 is 9.80 Å². The summed E-state index contributed by atoms with van der Waals surface area (Å²) in [6.45, 7) is 20.3. The van der Waals surface area contributed by atoms with Gasteiger partial charge in [0.2, 0.25) is 0 Å². The molecule has 3 aromatic rings. The lowest BCUT2D eigenvalue weighted by molar-refractivity contribution is 0.0568. The van der Waals surface area contributed by atoms with Crippen LogP contribution in [0.25, 0.3) is 0 Å². The van der Waals surface area contributed by atoms with Crippen LogP contribution in [-0.2, 0) is 20.3 Å². The summed E-state index contributed by atoms with van der Waals surface area (Å²) in [4.78, 5) is 37.2. The average molecular weight is 700 g/mol. The van der Waals surface area contributed by atoms with Crippen molar-refractivity contribution in [3.8, 4) is 0 Å². The van der Waals surface area contributed by atoms with E-state index < -0.39 is 23.4 Å². The zero-order valence-corrected chi connectivity index (χ0v) is 29.8. The molecule has 0 bridgehead atoms. The molecule has 248 valence electrons. The van der Waals surface area contributed by atoms with Crippen LogP contribution in [0.1, 0.15) is 97.9 Å². The van der Waals surface area contributed by atoms with Crippen LogP contribution in [-0.4, -0.2) is 51.6 Å². The lowest BCUT2D eigenvalue weighted by Crippen LogP contribution is -2.38. The average Bonchev–Trinajstić information content (AvgIpc) is 3.35. The first-order valence-electron chi connectivity index (χ1n) is 15.2. The number of aromatic nitrogens is 2. The van der Waals surface area contributed by atoms with Gasteiger partial charge < -0.3 is 14.6 Å².